The number of carbonyl (C=O) groups is 1. The molecule has 0 saturated carbocycles. The molecule has 1 aliphatic heterocycles. The zero-order valence-electron chi connectivity index (χ0n) is 11.8. The largest absolute Gasteiger partial charge is 0.369 e. The number of carbonyl (C=O) groups excluding carboxylic acids is 1. The monoisotopic (exact) mass is 315 g/mol. The van der Waals surface area contributed by atoms with Crippen molar-refractivity contribution < 1.29 is 17.6 Å². The highest BCUT2D eigenvalue weighted by atomic mass is 32.2. The number of rotatable bonds is 4. The van der Waals surface area contributed by atoms with Crippen molar-refractivity contribution in [1.29, 1.82) is 0 Å². The fraction of sp³-hybridized carbons (Fsp3) is 0.538. The molecule has 1 aromatic heterocycles. The van der Waals surface area contributed by atoms with E-state index in [9.17, 15) is 17.6 Å². The van der Waals surface area contributed by atoms with Gasteiger partial charge in [-0.1, -0.05) is 6.92 Å². The van der Waals surface area contributed by atoms with Crippen LogP contribution in [0.4, 0.5) is 10.2 Å². The molecule has 1 aromatic rings. The number of anilines is 1. The maximum absolute atomic E-state index is 13.4. The minimum absolute atomic E-state index is 0.0563. The highest BCUT2D eigenvalue weighted by Gasteiger charge is 2.27. The Morgan fingerprint density at radius 1 is 1.43 bits per heavy atom. The van der Waals surface area contributed by atoms with E-state index in [-0.39, 0.29) is 30.2 Å². The fourth-order valence-corrected chi connectivity index (χ4v) is 3.27. The molecule has 0 aliphatic carbocycles. The van der Waals surface area contributed by atoms with Gasteiger partial charge in [0.2, 0.25) is 0 Å². The molecule has 1 N–H and O–H groups in total. The Morgan fingerprint density at radius 3 is 2.71 bits per heavy atom. The van der Waals surface area contributed by atoms with Crippen molar-refractivity contribution >= 4 is 21.6 Å². The number of nitrogens with one attached hydrogen (secondary N) is 1. The number of aromatic nitrogens is 1. The Bertz CT molecular complexity index is 620. The lowest BCUT2D eigenvalue weighted by Crippen LogP contribution is -2.44. The van der Waals surface area contributed by atoms with Crippen molar-refractivity contribution in [3.8, 4) is 0 Å². The van der Waals surface area contributed by atoms with E-state index in [0.717, 1.165) is 18.7 Å². The molecule has 0 spiro atoms. The van der Waals surface area contributed by atoms with E-state index in [4.69, 9.17) is 0 Å². The first-order valence-corrected chi connectivity index (χ1v) is 8.64. The molecule has 6 nitrogen and oxygen atoms in total. The number of sulfone groups is 1. The molecule has 1 amide bonds. The van der Waals surface area contributed by atoms with Crippen molar-refractivity contribution in [1.82, 2.24) is 9.88 Å². The van der Waals surface area contributed by atoms with Crippen LogP contribution in [-0.2, 0) is 9.84 Å². The Morgan fingerprint density at radius 2 is 2.10 bits per heavy atom. The summed E-state index contributed by atoms with van der Waals surface area (Å²) >= 11 is 0. The first-order valence-electron chi connectivity index (χ1n) is 6.82. The van der Waals surface area contributed by atoms with Crippen LogP contribution in [-0.4, -0.2) is 55.3 Å². The van der Waals surface area contributed by atoms with Crippen molar-refractivity contribution in [3.63, 3.8) is 0 Å². The second-order valence-corrected chi connectivity index (χ2v) is 7.22. The third kappa shape index (κ3) is 3.90. The molecular formula is C13H18FN3O3S. The lowest BCUT2D eigenvalue weighted by molar-refractivity contribution is 0.0770. The standard InChI is InChI=1S/C13H18FN3O3S/c1-2-3-15-12-11(8-10(14)9-16-12)13(18)17-4-6-21(19,20)7-5-17/h8-9H,2-7H2,1H3,(H,15,16). The molecule has 2 rings (SSSR count). The SMILES string of the molecule is CCCNc1ncc(F)cc1C(=O)N1CCS(=O)(=O)CC1. The average molecular weight is 315 g/mol. The van der Waals surface area contributed by atoms with Crippen LogP contribution in [0.1, 0.15) is 23.7 Å². The number of nitrogens with zero attached hydrogens (tertiary/aromatic N) is 2. The van der Waals surface area contributed by atoms with Crippen LogP contribution in [0.15, 0.2) is 12.3 Å². The molecular weight excluding hydrogens is 297 g/mol. The van der Waals surface area contributed by atoms with Crippen molar-refractivity contribution in [3.05, 3.63) is 23.6 Å². The van der Waals surface area contributed by atoms with Gasteiger partial charge in [0.25, 0.3) is 5.91 Å². The Balaban J connectivity index is 2.20. The van der Waals surface area contributed by atoms with E-state index < -0.39 is 21.6 Å². The van der Waals surface area contributed by atoms with Gasteiger partial charge in [0.1, 0.15) is 11.6 Å². The first kappa shape index (κ1) is 15.7. The van der Waals surface area contributed by atoms with Gasteiger partial charge < -0.3 is 10.2 Å². The number of hydrogen-bond donors (Lipinski definition) is 1. The van der Waals surface area contributed by atoms with Gasteiger partial charge in [-0.25, -0.2) is 17.8 Å². The quantitative estimate of drug-likeness (QED) is 0.893. The van der Waals surface area contributed by atoms with Crippen LogP contribution < -0.4 is 5.32 Å². The molecule has 1 fully saturated rings. The van der Waals surface area contributed by atoms with E-state index in [0.29, 0.717) is 12.4 Å². The molecule has 0 bridgehead atoms. The molecule has 8 heteroatoms. The molecule has 0 radical (unpaired) electrons. The van der Waals surface area contributed by atoms with Gasteiger partial charge in [0, 0.05) is 19.6 Å². The summed E-state index contributed by atoms with van der Waals surface area (Å²) in [6.07, 6.45) is 1.89. The van der Waals surface area contributed by atoms with Crippen LogP contribution in [0.2, 0.25) is 0 Å². The molecule has 1 saturated heterocycles. The number of halogens is 1. The van der Waals surface area contributed by atoms with Crippen LogP contribution in [0, 0.1) is 5.82 Å². The van der Waals surface area contributed by atoms with Gasteiger partial charge in [0.05, 0.1) is 23.3 Å². The van der Waals surface area contributed by atoms with Crippen LogP contribution >= 0.6 is 0 Å². The van der Waals surface area contributed by atoms with Crippen LogP contribution in [0.25, 0.3) is 0 Å². The minimum atomic E-state index is -3.06. The van der Waals surface area contributed by atoms with Gasteiger partial charge in [-0.15, -0.1) is 0 Å². The summed E-state index contributed by atoms with van der Waals surface area (Å²) in [7, 11) is -3.06. The second-order valence-electron chi connectivity index (χ2n) is 4.92. The van der Waals surface area contributed by atoms with E-state index in [2.05, 4.69) is 10.3 Å². The average Bonchev–Trinajstić information content (AvgIpc) is 2.45. The summed E-state index contributed by atoms with van der Waals surface area (Å²) in [4.78, 5) is 17.8. The van der Waals surface area contributed by atoms with Gasteiger partial charge >= 0.3 is 0 Å². The van der Waals surface area contributed by atoms with E-state index in [1.807, 2.05) is 6.92 Å². The summed E-state index contributed by atoms with van der Waals surface area (Å²) in [5, 5.41) is 2.98. The Labute approximate surface area is 123 Å². The second kappa shape index (κ2) is 6.38. The summed E-state index contributed by atoms with van der Waals surface area (Å²) in [6, 6.07) is 1.14. The summed E-state index contributed by atoms with van der Waals surface area (Å²) in [6.45, 7) is 2.84. The van der Waals surface area contributed by atoms with Crippen molar-refractivity contribution in [2.75, 3.05) is 36.5 Å². The van der Waals surface area contributed by atoms with Crippen LogP contribution in [0.3, 0.4) is 0 Å². The summed E-state index contributed by atoms with van der Waals surface area (Å²) in [5.74, 6) is -0.768. The topological polar surface area (TPSA) is 79.4 Å². The normalized spacial score (nSPS) is 17.5. The van der Waals surface area contributed by atoms with Crippen molar-refractivity contribution in [2.24, 2.45) is 0 Å². The maximum Gasteiger partial charge on any atom is 0.257 e. The first-order chi connectivity index (χ1) is 9.93. The highest BCUT2D eigenvalue weighted by Crippen LogP contribution is 2.18. The van der Waals surface area contributed by atoms with Crippen molar-refractivity contribution in [2.45, 2.75) is 13.3 Å². The summed E-state index contributed by atoms with van der Waals surface area (Å²) < 4.78 is 36.2. The van der Waals surface area contributed by atoms with E-state index in [1.165, 1.54) is 4.90 Å². The van der Waals surface area contributed by atoms with Gasteiger partial charge in [0.15, 0.2) is 9.84 Å². The molecule has 2 heterocycles. The third-order valence-electron chi connectivity index (χ3n) is 3.26. The molecule has 21 heavy (non-hydrogen) atoms. The smallest absolute Gasteiger partial charge is 0.257 e. The molecule has 116 valence electrons. The zero-order chi connectivity index (χ0) is 15.5. The Hall–Kier alpha value is -1.70. The third-order valence-corrected chi connectivity index (χ3v) is 4.87. The number of hydrogen-bond acceptors (Lipinski definition) is 5. The lowest BCUT2D eigenvalue weighted by atomic mass is 10.2. The molecule has 0 unspecified atom stereocenters. The fourth-order valence-electron chi connectivity index (χ4n) is 2.07. The van der Waals surface area contributed by atoms with E-state index >= 15 is 0 Å². The number of pyridine rings is 1. The molecule has 1 aliphatic rings. The van der Waals surface area contributed by atoms with Gasteiger partial charge in [-0.2, -0.15) is 0 Å². The zero-order valence-corrected chi connectivity index (χ0v) is 12.6. The highest BCUT2D eigenvalue weighted by molar-refractivity contribution is 7.91. The van der Waals surface area contributed by atoms with Crippen LogP contribution in [0.5, 0.6) is 0 Å². The maximum atomic E-state index is 13.4. The number of amides is 1. The lowest BCUT2D eigenvalue weighted by Gasteiger charge is -2.27. The molecule has 0 atom stereocenters. The summed E-state index contributed by atoms with van der Waals surface area (Å²) in [5.41, 5.74) is 0.141. The Kier molecular flexibility index (Phi) is 4.76. The van der Waals surface area contributed by atoms with Gasteiger partial charge in [-0.3, -0.25) is 4.79 Å². The van der Waals surface area contributed by atoms with Gasteiger partial charge in [-0.05, 0) is 12.5 Å². The predicted molar refractivity (Wildman–Crippen MR) is 77.5 cm³/mol. The van der Waals surface area contributed by atoms with E-state index in [1.54, 1.807) is 0 Å². The predicted octanol–water partition coefficient (Wildman–Crippen LogP) is 0.913. The molecule has 0 aromatic carbocycles. The minimum Gasteiger partial charge on any atom is -0.369 e.